The molecule has 10 heteroatoms. The van der Waals surface area contributed by atoms with E-state index < -0.39 is 39.8 Å². The van der Waals surface area contributed by atoms with E-state index in [9.17, 15) is 18.0 Å². The fraction of sp³-hybridized carbons (Fsp3) is 0.290. The second-order valence-corrected chi connectivity index (χ2v) is 10.9. The smallest absolute Gasteiger partial charge is 0.343 e. The number of aryl methyl sites for hydroxylation is 1. The molecule has 2 unspecified atom stereocenters. The molecule has 0 bridgehead atoms. The van der Waals surface area contributed by atoms with Gasteiger partial charge in [0.25, 0.3) is 5.54 Å². The molecule has 1 fully saturated rings. The largest absolute Gasteiger partial charge is 0.497 e. The zero-order chi connectivity index (χ0) is 29.6. The maximum absolute atomic E-state index is 14.4. The van der Waals surface area contributed by atoms with Crippen LogP contribution in [-0.2, 0) is 33.8 Å². The van der Waals surface area contributed by atoms with Gasteiger partial charge in [-0.2, -0.15) is 0 Å². The van der Waals surface area contributed by atoms with Gasteiger partial charge in [-0.05, 0) is 62.7 Å². The topological polar surface area (TPSA) is 108 Å². The molecule has 3 aromatic carbocycles. The van der Waals surface area contributed by atoms with Crippen LogP contribution in [0.2, 0.25) is 0 Å². The molecular formula is C31H31NO8S. The fourth-order valence-corrected chi connectivity index (χ4v) is 6.23. The van der Waals surface area contributed by atoms with Crippen molar-refractivity contribution >= 4 is 22.0 Å². The van der Waals surface area contributed by atoms with Gasteiger partial charge in [0.2, 0.25) is 10.0 Å². The van der Waals surface area contributed by atoms with E-state index in [1.165, 1.54) is 19.2 Å². The Morgan fingerprint density at radius 3 is 2.02 bits per heavy atom. The van der Waals surface area contributed by atoms with E-state index in [1.54, 1.807) is 80.6 Å². The predicted octanol–water partition coefficient (Wildman–Crippen LogP) is 4.01. The maximum Gasteiger partial charge on any atom is 0.343 e. The lowest BCUT2D eigenvalue weighted by molar-refractivity contribution is -0.170. The first-order valence-electron chi connectivity index (χ1n) is 13.0. The van der Waals surface area contributed by atoms with Crippen LogP contribution in [0, 0.1) is 18.8 Å². The standard InChI is InChI=1S/C31H31NO8S/c1-5-38-29(33)31(30(34)39-6-2)27(21-16-23-14-17-25(37-4)18-15-23)40-28(24-10-8-7-9-11-24)32(31)41(35,36)26-19-12-22(3)13-20-26/h7-15,17-20,27-28H,5-6H2,1-4H3. The van der Waals surface area contributed by atoms with Crippen LogP contribution < -0.4 is 4.74 Å². The number of carbonyl (C=O) groups excluding carboxylic acids is 2. The SMILES string of the molecule is CCOC(=O)C1(C(=O)OCC)C(C#Cc2ccc(OC)cc2)OC(c2ccccc2)N1S(=O)(=O)c1ccc(C)cc1. The summed E-state index contributed by atoms with van der Waals surface area (Å²) in [4.78, 5) is 27.7. The molecule has 1 heterocycles. The summed E-state index contributed by atoms with van der Waals surface area (Å²) in [5.41, 5.74) is -0.885. The zero-order valence-corrected chi connectivity index (χ0v) is 24.0. The Kier molecular flexibility index (Phi) is 9.13. The van der Waals surface area contributed by atoms with Gasteiger partial charge in [0.1, 0.15) is 5.75 Å². The Morgan fingerprint density at radius 1 is 0.902 bits per heavy atom. The van der Waals surface area contributed by atoms with E-state index >= 15 is 0 Å². The van der Waals surface area contributed by atoms with Gasteiger partial charge in [0.15, 0.2) is 12.3 Å². The fourth-order valence-electron chi connectivity index (χ4n) is 4.48. The van der Waals surface area contributed by atoms with Gasteiger partial charge in [-0.3, -0.25) is 0 Å². The third kappa shape index (κ3) is 5.70. The van der Waals surface area contributed by atoms with Crippen molar-refractivity contribution in [3.05, 3.63) is 95.6 Å². The molecule has 0 aliphatic carbocycles. The van der Waals surface area contributed by atoms with Crippen LogP contribution >= 0.6 is 0 Å². The summed E-state index contributed by atoms with van der Waals surface area (Å²) < 4.78 is 51.8. The van der Waals surface area contributed by atoms with Gasteiger partial charge in [-0.15, -0.1) is 4.31 Å². The number of sulfonamides is 1. The predicted molar refractivity (Wildman–Crippen MR) is 150 cm³/mol. The molecule has 214 valence electrons. The van der Waals surface area contributed by atoms with E-state index in [-0.39, 0.29) is 18.1 Å². The van der Waals surface area contributed by atoms with Crippen LogP contribution in [0.3, 0.4) is 0 Å². The molecule has 0 aromatic heterocycles. The first-order chi connectivity index (χ1) is 19.7. The lowest BCUT2D eigenvalue weighted by Gasteiger charge is -2.34. The van der Waals surface area contributed by atoms with Crippen molar-refractivity contribution in [1.29, 1.82) is 0 Å². The summed E-state index contributed by atoms with van der Waals surface area (Å²) in [5.74, 6) is 4.06. The number of hydrogen-bond acceptors (Lipinski definition) is 8. The number of ether oxygens (including phenoxy) is 4. The average Bonchev–Trinajstić information content (AvgIpc) is 3.34. The van der Waals surface area contributed by atoms with Crippen molar-refractivity contribution in [3.8, 4) is 17.6 Å². The van der Waals surface area contributed by atoms with E-state index in [0.717, 1.165) is 9.87 Å². The normalized spacial score (nSPS) is 18.1. The molecule has 1 aliphatic rings. The number of nitrogens with zero attached hydrogens (tertiary/aromatic N) is 1. The van der Waals surface area contributed by atoms with Crippen LogP contribution in [0.1, 0.15) is 36.8 Å². The number of rotatable bonds is 8. The summed E-state index contributed by atoms with van der Waals surface area (Å²) in [5, 5.41) is 0. The van der Waals surface area contributed by atoms with Gasteiger partial charge in [-0.25, -0.2) is 18.0 Å². The molecule has 1 saturated heterocycles. The Morgan fingerprint density at radius 2 is 1.49 bits per heavy atom. The first kappa shape index (κ1) is 29.8. The molecule has 0 amide bonds. The monoisotopic (exact) mass is 577 g/mol. The first-order valence-corrected chi connectivity index (χ1v) is 14.5. The van der Waals surface area contributed by atoms with Crippen LogP contribution in [-0.4, -0.2) is 56.6 Å². The Labute approximate surface area is 240 Å². The number of esters is 2. The average molecular weight is 578 g/mol. The van der Waals surface area contributed by atoms with Gasteiger partial charge in [0.05, 0.1) is 25.2 Å². The molecule has 3 aromatic rings. The van der Waals surface area contributed by atoms with Crippen molar-refractivity contribution in [1.82, 2.24) is 4.31 Å². The summed E-state index contributed by atoms with van der Waals surface area (Å²) in [6.45, 7) is 4.66. The summed E-state index contributed by atoms with van der Waals surface area (Å²) in [7, 11) is -3.05. The number of benzene rings is 3. The highest BCUT2D eigenvalue weighted by molar-refractivity contribution is 7.89. The summed E-state index contributed by atoms with van der Waals surface area (Å²) in [6, 6.07) is 21.3. The molecule has 0 radical (unpaired) electrons. The molecule has 0 N–H and O–H groups in total. The Balaban J connectivity index is 2.01. The minimum Gasteiger partial charge on any atom is -0.497 e. The lowest BCUT2D eigenvalue weighted by Crippen LogP contribution is -2.64. The van der Waals surface area contributed by atoms with Gasteiger partial charge >= 0.3 is 11.9 Å². The molecule has 1 aliphatic heterocycles. The van der Waals surface area contributed by atoms with E-state index in [0.29, 0.717) is 16.9 Å². The van der Waals surface area contributed by atoms with Crippen molar-refractivity contribution in [2.45, 2.75) is 43.5 Å². The maximum atomic E-state index is 14.4. The molecule has 4 rings (SSSR count). The minimum atomic E-state index is -4.59. The highest BCUT2D eigenvalue weighted by Crippen LogP contribution is 2.47. The molecule has 0 saturated carbocycles. The number of carbonyl (C=O) groups is 2. The number of methoxy groups -OCH3 is 1. The second-order valence-electron chi connectivity index (χ2n) is 9.10. The summed E-state index contributed by atoms with van der Waals surface area (Å²) >= 11 is 0. The molecule has 2 atom stereocenters. The van der Waals surface area contributed by atoms with Gasteiger partial charge in [0, 0.05) is 5.56 Å². The van der Waals surface area contributed by atoms with E-state index in [4.69, 9.17) is 18.9 Å². The number of hydrogen-bond donors (Lipinski definition) is 0. The Bertz CT molecular complexity index is 1520. The molecule has 41 heavy (non-hydrogen) atoms. The highest BCUT2D eigenvalue weighted by Gasteiger charge is 2.71. The highest BCUT2D eigenvalue weighted by atomic mass is 32.2. The molecule has 0 spiro atoms. The van der Waals surface area contributed by atoms with Crippen LogP contribution in [0.15, 0.2) is 83.8 Å². The van der Waals surface area contributed by atoms with Gasteiger partial charge in [-0.1, -0.05) is 59.9 Å². The van der Waals surface area contributed by atoms with Gasteiger partial charge < -0.3 is 18.9 Å². The van der Waals surface area contributed by atoms with E-state index in [1.807, 2.05) is 6.92 Å². The van der Waals surface area contributed by atoms with Crippen LogP contribution in [0.5, 0.6) is 5.75 Å². The zero-order valence-electron chi connectivity index (χ0n) is 23.2. The lowest BCUT2D eigenvalue weighted by atomic mass is 9.92. The Hall–Kier alpha value is -4.17. The second kappa shape index (κ2) is 12.6. The van der Waals surface area contributed by atoms with Crippen molar-refractivity contribution in [2.75, 3.05) is 20.3 Å². The van der Waals surface area contributed by atoms with E-state index in [2.05, 4.69) is 11.8 Å². The van der Waals surface area contributed by atoms with Crippen molar-refractivity contribution in [3.63, 3.8) is 0 Å². The summed E-state index contributed by atoms with van der Waals surface area (Å²) in [6.07, 6.45) is -3.00. The third-order valence-corrected chi connectivity index (χ3v) is 8.34. The third-order valence-electron chi connectivity index (χ3n) is 6.48. The minimum absolute atomic E-state index is 0.132. The quantitative estimate of drug-likeness (QED) is 0.225. The van der Waals surface area contributed by atoms with Crippen molar-refractivity contribution in [2.24, 2.45) is 0 Å². The van der Waals surface area contributed by atoms with Crippen LogP contribution in [0.4, 0.5) is 0 Å². The van der Waals surface area contributed by atoms with Crippen molar-refractivity contribution < 1.29 is 37.0 Å². The molecule has 9 nitrogen and oxygen atoms in total. The molecular weight excluding hydrogens is 546 g/mol. The van der Waals surface area contributed by atoms with Crippen LogP contribution in [0.25, 0.3) is 0 Å².